The van der Waals surface area contributed by atoms with Gasteiger partial charge in [0.05, 0.1) is 18.3 Å². The summed E-state index contributed by atoms with van der Waals surface area (Å²) in [5, 5.41) is 10.7. The van der Waals surface area contributed by atoms with Crippen LogP contribution in [0.15, 0.2) is 42.5 Å². The Hall–Kier alpha value is -3.19. The maximum absolute atomic E-state index is 13.0. The van der Waals surface area contributed by atoms with Gasteiger partial charge in [-0.1, -0.05) is 30.3 Å². The molecule has 1 atom stereocenters. The van der Waals surface area contributed by atoms with Crippen molar-refractivity contribution >= 4 is 23.5 Å². The van der Waals surface area contributed by atoms with E-state index in [-0.39, 0.29) is 18.2 Å². The fourth-order valence-electron chi connectivity index (χ4n) is 4.92. The van der Waals surface area contributed by atoms with E-state index >= 15 is 0 Å². The van der Waals surface area contributed by atoms with Crippen LogP contribution in [-0.4, -0.2) is 53.0 Å². The van der Waals surface area contributed by atoms with Gasteiger partial charge in [-0.15, -0.1) is 0 Å². The van der Waals surface area contributed by atoms with Crippen molar-refractivity contribution in [1.29, 1.82) is 0 Å². The van der Waals surface area contributed by atoms with Gasteiger partial charge in [-0.3, -0.25) is 9.59 Å². The zero-order chi connectivity index (χ0) is 25.9. The minimum Gasteiger partial charge on any atom is -0.444 e. The molecule has 2 aromatic carbocycles. The van der Waals surface area contributed by atoms with Crippen molar-refractivity contribution in [2.75, 3.05) is 24.5 Å². The Bertz CT molecular complexity index is 1120. The Balaban J connectivity index is 1.35. The average molecular weight is 493 g/mol. The van der Waals surface area contributed by atoms with Crippen LogP contribution in [0.4, 0.5) is 10.5 Å². The molecular weight excluding hydrogens is 456 g/mol. The molecule has 4 rings (SSSR count). The Labute approximate surface area is 213 Å². The number of ether oxygens (including phenoxy) is 1. The van der Waals surface area contributed by atoms with Gasteiger partial charge in [0.2, 0.25) is 5.91 Å². The summed E-state index contributed by atoms with van der Waals surface area (Å²) >= 11 is 0. The Kier molecular flexibility index (Phi) is 7.79. The number of anilines is 1. The quantitative estimate of drug-likeness (QED) is 0.400. The van der Waals surface area contributed by atoms with Crippen LogP contribution < -0.4 is 4.90 Å². The third kappa shape index (κ3) is 6.13. The molecule has 7 nitrogen and oxygen atoms in total. The van der Waals surface area contributed by atoms with Gasteiger partial charge in [0, 0.05) is 31.5 Å². The van der Waals surface area contributed by atoms with Crippen molar-refractivity contribution < 1.29 is 24.2 Å². The van der Waals surface area contributed by atoms with Crippen molar-refractivity contribution in [3.8, 4) is 0 Å². The van der Waals surface area contributed by atoms with Crippen molar-refractivity contribution in [2.24, 2.45) is 0 Å². The van der Waals surface area contributed by atoms with Gasteiger partial charge in [0.1, 0.15) is 5.60 Å². The fraction of sp³-hybridized carbons (Fsp3) is 0.483. The van der Waals surface area contributed by atoms with E-state index in [9.17, 15) is 19.5 Å². The summed E-state index contributed by atoms with van der Waals surface area (Å²) in [5.41, 5.74) is 4.02. The number of benzene rings is 2. The monoisotopic (exact) mass is 492 g/mol. The molecule has 0 aliphatic carbocycles. The van der Waals surface area contributed by atoms with Crippen molar-refractivity contribution in [3.05, 3.63) is 64.7 Å². The van der Waals surface area contributed by atoms with E-state index in [1.54, 1.807) is 0 Å². The summed E-state index contributed by atoms with van der Waals surface area (Å²) in [6.45, 7) is 6.65. The summed E-state index contributed by atoms with van der Waals surface area (Å²) < 4.78 is 5.55. The summed E-state index contributed by atoms with van der Waals surface area (Å²) in [7, 11) is 0. The Morgan fingerprint density at radius 3 is 2.44 bits per heavy atom. The lowest BCUT2D eigenvalue weighted by atomic mass is 9.94. The van der Waals surface area contributed by atoms with E-state index < -0.39 is 17.8 Å². The van der Waals surface area contributed by atoms with Crippen molar-refractivity contribution in [1.82, 2.24) is 4.90 Å². The zero-order valence-electron chi connectivity index (χ0n) is 21.5. The SMILES string of the molecule is CC(C)(C)OC(=O)N(CCCCC(=O)c1cc2c3c(c1)CCN3C(=O)CC2)CC(O)c1ccccc1. The van der Waals surface area contributed by atoms with E-state index in [2.05, 4.69) is 0 Å². The normalized spacial score (nSPS) is 15.4. The van der Waals surface area contributed by atoms with Crippen LogP contribution in [0.2, 0.25) is 0 Å². The zero-order valence-corrected chi connectivity index (χ0v) is 21.5. The average Bonchev–Trinajstić information content (AvgIpc) is 3.28. The minimum absolute atomic E-state index is 0.0811. The molecule has 0 aromatic heterocycles. The summed E-state index contributed by atoms with van der Waals surface area (Å²) in [5.74, 6) is 0.254. The molecular formula is C29H36N2O5. The van der Waals surface area contributed by atoms with Crippen LogP contribution in [0, 0.1) is 0 Å². The molecule has 0 radical (unpaired) electrons. The van der Waals surface area contributed by atoms with Crippen LogP contribution in [0.1, 0.15) is 79.6 Å². The molecule has 0 spiro atoms. The molecule has 2 amide bonds. The molecule has 0 bridgehead atoms. The number of aliphatic hydroxyl groups is 1. The molecule has 0 saturated carbocycles. The van der Waals surface area contributed by atoms with Gasteiger partial charge in [-0.05, 0) is 75.3 Å². The highest BCUT2D eigenvalue weighted by molar-refractivity contribution is 6.02. The molecule has 36 heavy (non-hydrogen) atoms. The topological polar surface area (TPSA) is 87.2 Å². The maximum atomic E-state index is 13.0. The predicted octanol–water partition coefficient (Wildman–Crippen LogP) is 4.85. The van der Waals surface area contributed by atoms with Crippen LogP contribution in [0.25, 0.3) is 0 Å². The highest BCUT2D eigenvalue weighted by Crippen LogP contribution is 2.37. The van der Waals surface area contributed by atoms with Crippen molar-refractivity contribution in [3.63, 3.8) is 0 Å². The lowest BCUT2D eigenvalue weighted by molar-refractivity contribution is -0.118. The molecule has 192 valence electrons. The molecule has 2 aromatic rings. The fourth-order valence-corrected chi connectivity index (χ4v) is 4.92. The number of rotatable bonds is 9. The summed E-state index contributed by atoms with van der Waals surface area (Å²) in [6.07, 6.45) is 2.31. The van der Waals surface area contributed by atoms with Crippen LogP contribution in [0.5, 0.6) is 0 Å². The minimum atomic E-state index is -0.824. The number of ketones is 1. The van der Waals surface area contributed by atoms with Crippen LogP contribution in [-0.2, 0) is 22.4 Å². The Morgan fingerprint density at radius 2 is 1.75 bits per heavy atom. The van der Waals surface area contributed by atoms with Gasteiger partial charge in [0.25, 0.3) is 0 Å². The van der Waals surface area contributed by atoms with Gasteiger partial charge in [-0.2, -0.15) is 0 Å². The molecule has 2 aliphatic heterocycles. The van der Waals surface area contributed by atoms with E-state index in [1.807, 2.05) is 68.1 Å². The van der Waals surface area contributed by atoms with E-state index in [1.165, 1.54) is 4.90 Å². The van der Waals surface area contributed by atoms with Crippen molar-refractivity contribution in [2.45, 2.75) is 71.0 Å². The van der Waals surface area contributed by atoms with Gasteiger partial charge in [0.15, 0.2) is 5.78 Å². The molecule has 1 unspecified atom stereocenters. The number of Topliss-reactive ketones (excluding diaryl/α,β-unsaturated/α-hetero) is 1. The van der Waals surface area contributed by atoms with Crippen LogP contribution >= 0.6 is 0 Å². The van der Waals surface area contributed by atoms with E-state index in [0.717, 1.165) is 28.8 Å². The summed E-state index contributed by atoms with van der Waals surface area (Å²) in [6, 6.07) is 13.1. The number of unbranched alkanes of at least 4 members (excludes halogenated alkanes) is 1. The van der Waals surface area contributed by atoms with E-state index in [4.69, 9.17) is 4.74 Å². The number of amides is 2. The lowest BCUT2D eigenvalue weighted by Gasteiger charge is -2.29. The number of carbonyl (C=O) groups is 3. The summed E-state index contributed by atoms with van der Waals surface area (Å²) in [4.78, 5) is 41.3. The Morgan fingerprint density at radius 1 is 1.06 bits per heavy atom. The lowest BCUT2D eigenvalue weighted by Crippen LogP contribution is -2.39. The number of carbonyl (C=O) groups excluding carboxylic acids is 3. The molecule has 2 aliphatic rings. The second kappa shape index (κ2) is 10.8. The predicted molar refractivity (Wildman–Crippen MR) is 138 cm³/mol. The first-order valence-electron chi connectivity index (χ1n) is 12.8. The molecule has 2 heterocycles. The number of hydrogen-bond acceptors (Lipinski definition) is 5. The first-order valence-corrected chi connectivity index (χ1v) is 12.8. The first-order chi connectivity index (χ1) is 17.1. The standard InChI is InChI=1S/C29H36N2O5/c1-29(2,3)36-28(35)30(19-25(33)20-9-5-4-6-10-20)15-8-7-11-24(32)23-17-21-12-13-26(34)31-16-14-22(18-23)27(21)31/h4-6,9-10,17-18,25,33H,7-8,11-16,19H2,1-3H3. The largest absolute Gasteiger partial charge is 0.444 e. The van der Waals surface area contributed by atoms with Gasteiger partial charge in [-0.25, -0.2) is 4.79 Å². The van der Waals surface area contributed by atoms with Gasteiger partial charge < -0.3 is 19.6 Å². The molecule has 7 heteroatoms. The van der Waals surface area contributed by atoms with E-state index in [0.29, 0.717) is 50.8 Å². The third-order valence-corrected chi connectivity index (χ3v) is 6.68. The van der Waals surface area contributed by atoms with Gasteiger partial charge >= 0.3 is 6.09 Å². The highest BCUT2D eigenvalue weighted by Gasteiger charge is 2.32. The number of aliphatic hydroxyl groups excluding tert-OH is 1. The second-order valence-electron chi connectivity index (χ2n) is 10.7. The number of aryl methyl sites for hydroxylation is 1. The smallest absolute Gasteiger partial charge is 0.410 e. The van der Waals surface area contributed by atoms with Crippen LogP contribution in [0.3, 0.4) is 0 Å². The second-order valence-corrected chi connectivity index (χ2v) is 10.7. The third-order valence-electron chi connectivity index (χ3n) is 6.68. The molecule has 1 N–H and O–H groups in total. The number of nitrogens with zero attached hydrogens (tertiary/aromatic N) is 2. The maximum Gasteiger partial charge on any atom is 0.410 e. The molecule has 0 fully saturated rings. The highest BCUT2D eigenvalue weighted by atomic mass is 16.6. The molecule has 0 saturated heterocycles. The first kappa shape index (κ1) is 25.9. The number of hydrogen-bond donors (Lipinski definition) is 1.